The molecule has 33 heavy (non-hydrogen) atoms. The molecule has 0 N–H and O–H groups in total. The molecule has 1 amide bonds. The Morgan fingerprint density at radius 2 is 2.15 bits per heavy atom. The Hall–Kier alpha value is -3.04. The molecule has 9 heteroatoms. The van der Waals surface area contributed by atoms with Crippen LogP contribution in [0.1, 0.15) is 43.0 Å². The Balaban J connectivity index is 1.22. The number of carbonyl (C=O) groups excluding carboxylic acids is 1. The van der Waals surface area contributed by atoms with Gasteiger partial charge in [0.15, 0.2) is 5.76 Å². The van der Waals surface area contributed by atoms with Crippen molar-refractivity contribution in [3.63, 3.8) is 0 Å². The number of fused-ring (bicyclic) bond motifs is 1. The summed E-state index contributed by atoms with van der Waals surface area (Å²) in [5.74, 6) is 1.81. The smallest absolute Gasteiger partial charge is 0.283 e. The first-order valence-corrected chi connectivity index (χ1v) is 12.2. The van der Waals surface area contributed by atoms with Crippen LogP contribution in [-0.4, -0.2) is 57.1 Å². The highest BCUT2D eigenvalue weighted by molar-refractivity contribution is 7.18. The zero-order chi connectivity index (χ0) is 22.6. The average molecular weight is 466 g/mol. The molecule has 1 aliphatic heterocycles. The van der Waals surface area contributed by atoms with Crippen LogP contribution in [0.3, 0.4) is 0 Å². The average Bonchev–Trinajstić information content (AvgIpc) is 3.59. The lowest BCUT2D eigenvalue weighted by atomic mass is 9.98. The fourth-order valence-corrected chi connectivity index (χ4v) is 5.39. The molecule has 3 aromatic heterocycles. The van der Waals surface area contributed by atoms with Crippen LogP contribution >= 0.6 is 11.3 Å². The van der Waals surface area contributed by atoms with Crippen LogP contribution in [0.15, 0.2) is 51.5 Å². The predicted molar refractivity (Wildman–Crippen MR) is 126 cm³/mol. The summed E-state index contributed by atoms with van der Waals surface area (Å²) in [6, 6.07) is 11.8. The van der Waals surface area contributed by atoms with E-state index >= 15 is 0 Å². The van der Waals surface area contributed by atoms with Gasteiger partial charge in [-0.25, -0.2) is 4.98 Å². The maximum Gasteiger partial charge on any atom is 0.283 e. The molecule has 172 valence electrons. The van der Waals surface area contributed by atoms with Crippen molar-refractivity contribution in [2.75, 3.05) is 26.2 Å². The topological polar surface area (TPSA) is 88.5 Å². The van der Waals surface area contributed by atoms with Crippen molar-refractivity contribution in [2.24, 2.45) is 0 Å². The molecule has 1 unspecified atom stereocenters. The zero-order valence-corrected chi connectivity index (χ0v) is 19.5. The Kier molecular flexibility index (Phi) is 6.50. The molecule has 1 atom stereocenters. The van der Waals surface area contributed by atoms with Gasteiger partial charge in [0.1, 0.15) is 0 Å². The van der Waals surface area contributed by atoms with Crippen LogP contribution < -0.4 is 0 Å². The Labute approximate surface area is 196 Å². The van der Waals surface area contributed by atoms with Crippen LogP contribution in [-0.2, 0) is 11.3 Å². The maximum atomic E-state index is 13.2. The number of rotatable bonds is 8. The molecular formula is C24H27N5O3S. The highest BCUT2D eigenvalue weighted by Crippen LogP contribution is 2.33. The number of furan rings is 1. The third kappa shape index (κ3) is 4.99. The molecule has 4 heterocycles. The van der Waals surface area contributed by atoms with E-state index < -0.39 is 0 Å². The largest absolute Gasteiger partial charge is 0.459 e. The molecule has 0 spiro atoms. The van der Waals surface area contributed by atoms with Crippen LogP contribution in [0.2, 0.25) is 0 Å². The van der Waals surface area contributed by atoms with Crippen molar-refractivity contribution < 1.29 is 13.6 Å². The van der Waals surface area contributed by atoms with Gasteiger partial charge in [-0.3, -0.25) is 9.69 Å². The van der Waals surface area contributed by atoms with Crippen molar-refractivity contribution in [2.45, 2.75) is 38.6 Å². The van der Waals surface area contributed by atoms with Crippen molar-refractivity contribution in [3.8, 4) is 11.7 Å². The van der Waals surface area contributed by atoms with Crippen molar-refractivity contribution in [1.82, 2.24) is 25.0 Å². The fraction of sp³-hybridized carbons (Fsp3) is 0.417. The zero-order valence-electron chi connectivity index (χ0n) is 18.6. The number of likely N-dealkylation sites (tertiary alicyclic amines) is 1. The van der Waals surface area contributed by atoms with Gasteiger partial charge in [0.2, 0.25) is 11.8 Å². The van der Waals surface area contributed by atoms with Crippen molar-refractivity contribution in [1.29, 1.82) is 0 Å². The number of nitrogens with zero attached hydrogens (tertiary/aromatic N) is 5. The summed E-state index contributed by atoms with van der Waals surface area (Å²) in [6.07, 6.45) is 4.57. The first-order valence-electron chi connectivity index (χ1n) is 11.4. The monoisotopic (exact) mass is 465 g/mol. The van der Waals surface area contributed by atoms with Crippen LogP contribution in [0.4, 0.5) is 0 Å². The number of para-hydroxylation sites is 1. The summed E-state index contributed by atoms with van der Waals surface area (Å²) in [4.78, 5) is 22.1. The summed E-state index contributed by atoms with van der Waals surface area (Å²) in [5, 5.41) is 9.34. The summed E-state index contributed by atoms with van der Waals surface area (Å²) >= 11 is 1.75. The van der Waals surface area contributed by atoms with Crippen molar-refractivity contribution in [3.05, 3.63) is 53.6 Å². The summed E-state index contributed by atoms with van der Waals surface area (Å²) in [5.41, 5.74) is 1.04. The molecule has 4 aromatic rings. The molecular weight excluding hydrogens is 438 g/mol. The van der Waals surface area contributed by atoms with Gasteiger partial charge in [0, 0.05) is 19.0 Å². The normalized spacial score (nSPS) is 16.7. The van der Waals surface area contributed by atoms with Crippen LogP contribution in [0, 0.1) is 0 Å². The summed E-state index contributed by atoms with van der Waals surface area (Å²) < 4.78 is 12.3. The minimum absolute atomic E-state index is 0.139. The molecule has 5 rings (SSSR count). The van der Waals surface area contributed by atoms with Gasteiger partial charge in [-0.05, 0) is 50.1 Å². The molecule has 0 radical (unpaired) electrons. The standard InChI is InChI=1S/C24H27N5O3S/c1-2-11-28(15-21-26-27-23(32-21)19-9-6-13-31-19)16-22(30)29-12-5-7-17(14-29)24-25-18-8-3-4-10-20(18)33-24/h3-4,6,8-10,13,17H,2,5,7,11-12,14-16H2,1H3. The van der Waals surface area contributed by atoms with Gasteiger partial charge in [-0.15, -0.1) is 21.5 Å². The van der Waals surface area contributed by atoms with Gasteiger partial charge in [-0.2, -0.15) is 0 Å². The van der Waals surface area contributed by atoms with E-state index in [2.05, 4.69) is 34.2 Å². The third-order valence-corrected chi connectivity index (χ3v) is 7.09. The molecule has 0 bridgehead atoms. The molecule has 1 fully saturated rings. The molecule has 1 aliphatic rings. The number of hydrogen-bond acceptors (Lipinski definition) is 8. The molecule has 8 nitrogen and oxygen atoms in total. The quantitative estimate of drug-likeness (QED) is 0.377. The number of benzene rings is 1. The van der Waals surface area contributed by atoms with E-state index in [0.717, 1.165) is 49.4 Å². The second-order valence-corrected chi connectivity index (χ2v) is 9.45. The van der Waals surface area contributed by atoms with E-state index in [-0.39, 0.29) is 5.91 Å². The lowest BCUT2D eigenvalue weighted by molar-refractivity contribution is -0.133. The Morgan fingerprint density at radius 1 is 1.24 bits per heavy atom. The molecule has 0 saturated carbocycles. The molecule has 0 aliphatic carbocycles. The highest BCUT2D eigenvalue weighted by atomic mass is 32.1. The van der Waals surface area contributed by atoms with Gasteiger partial charge >= 0.3 is 0 Å². The predicted octanol–water partition coefficient (Wildman–Crippen LogP) is 4.56. The first kappa shape index (κ1) is 21.8. The second kappa shape index (κ2) is 9.84. The first-order chi connectivity index (χ1) is 16.2. The Bertz CT molecular complexity index is 1170. The van der Waals surface area contributed by atoms with E-state index in [1.165, 1.54) is 4.70 Å². The van der Waals surface area contributed by atoms with Gasteiger partial charge < -0.3 is 13.7 Å². The number of hydrogen-bond donors (Lipinski definition) is 0. The van der Waals surface area contributed by atoms with E-state index in [0.29, 0.717) is 36.5 Å². The van der Waals surface area contributed by atoms with E-state index in [9.17, 15) is 4.79 Å². The summed E-state index contributed by atoms with van der Waals surface area (Å²) in [6.45, 7) is 5.16. The van der Waals surface area contributed by atoms with E-state index in [1.807, 2.05) is 17.0 Å². The number of carbonyl (C=O) groups is 1. The third-order valence-electron chi connectivity index (χ3n) is 5.89. The minimum atomic E-state index is 0.139. The van der Waals surface area contributed by atoms with Crippen LogP contribution in [0.25, 0.3) is 21.9 Å². The van der Waals surface area contributed by atoms with Crippen LogP contribution in [0.5, 0.6) is 0 Å². The number of amides is 1. The lowest BCUT2D eigenvalue weighted by Crippen LogP contribution is -2.44. The van der Waals surface area contributed by atoms with Gasteiger partial charge in [0.25, 0.3) is 5.89 Å². The van der Waals surface area contributed by atoms with Crippen molar-refractivity contribution >= 4 is 27.5 Å². The second-order valence-electron chi connectivity index (χ2n) is 8.39. The number of thiazole rings is 1. The highest BCUT2D eigenvalue weighted by Gasteiger charge is 2.28. The molecule has 1 saturated heterocycles. The summed E-state index contributed by atoms with van der Waals surface area (Å²) in [7, 11) is 0. The SMILES string of the molecule is CCCN(CC(=O)N1CCCC(c2nc3ccccc3s2)C1)Cc1nnc(-c2ccco2)o1. The fourth-order valence-electron chi connectivity index (χ4n) is 4.30. The molecule has 1 aromatic carbocycles. The maximum absolute atomic E-state index is 13.2. The lowest BCUT2D eigenvalue weighted by Gasteiger charge is -2.33. The Morgan fingerprint density at radius 3 is 2.97 bits per heavy atom. The number of piperidine rings is 1. The van der Waals surface area contributed by atoms with Gasteiger partial charge in [0.05, 0.1) is 34.6 Å². The minimum Gasteiger partial charge on any atom is -0.459 e. The van der Waals surface area contributed by atoms with E-state index in [4.69, 9.17) is 13.8 Å². The van der Waals surface area contributed by atoms with Gasteiger partial charge in [-0.1, -0.05) is 19.1 Å². The number of aromatic nitrogens is 3. The van der Waals surface area contributed by atoms with E-state index in [1.54, 1.807) is 29.7 Å².